The highest BCUT2D eigenvalue weighted by molar-refractivity contribution is 5.92. The van der Waals surface area contributed by atoms with E-state index in [0.29, 0.717) is 37.2 Å². The van der Waals surface area contributed by atoms with Crippen molar-refractivity contribution in [3.63, 3.8) is 0 Å². The number of nitrogens with zero attached hydrogens (tertiary/aromatic N) is 4. The van der Waals surface area contributed by atoms with Gasteiger partial charge in [-0.2, -0.15) is 0 Å². The van der Waals surface area contributed by atoms with Gasteiger partial charge in [-0.1, -0.05) is 12.1 Å². The Bertz CT molecular complexity index is 1430. The number of carboxylic acid groups (broad SMARTS) is 1. The SMILES string of the molecule is Cc1cc(-c2ccc(N3CCCC3)nc2)c(CN2CCC3(CC2)CN(c2ccc(C(=O)O)cc2)C(=O)O3)cc1CF. The Kier molecular flexibility index (Phi) is 7.38. The predicted octanol–water partition coefficient (Wildman–Crippen LogP) is 5.82. The fourth-order valence-electron chi connectivity index (χ4n) is 6.25. The Balaban J connectivity index is 1.16. The number of halogens is 1. The van der Waals surface area contributed by atoms with Crippen molar-refractivity contribution >= 4 is 23.6 Å². The average Bonchev–Trinajstić information content (AvgIpc) is 3.64. The van der Waals surface area contributed by atoms with Crippen LogP contribution in [0.3, 0.4) is 0 Å². The molecule has 2 aromatic carbocycles. The lowest BCUT2D eigenvalue weighted by Gasteiger charge is -2.37. The lowest BCUT2D eigenvalue weighted by molar-refractivity contribution is -0.000948. The molecule has 3 saturated heterocycles. The molecule has 0 saturated carbocycles. The maximum Gasteiger partial charge on any atom is 0.415 e. The molecule has 1 amide bonds. The Labute approximate surface area is 239 Å². The number of anilines is 2. The topological polar surface area (TPSA) is 86.2 Å². The molecule has 3 aliphatic heterocycles. The number of hydrogen-bond donors (Lipinski definition) is 1. The van der Waals surface area contributed by atoms with Gasteiger partial charge in [0.2, 0.25) is 0 Å². The van der Waals surface area contributed by atoms with Gasteiger partial charge in [-0.15, -0.1) is 0 Å². The van der Waals surface area contributed by atoms with Crippen LogP contribution in [0.4, 0.5) is 20.7 Å². The minimum absolute atomic E-state index is 0.175. The fourth-order valence-corrected chi connectivity index (χ4v) is 6.25. The molecule has 0 aliphatic carbocycles. The molecular formula is C32H35FN4O4. The van der Waals surface area contributed by atoms with E-state index < -0.39 is 24.3 Å². The molecule has 9 heteroatoms. The highest BCUT2D eigenvalue weighted by atomic mass is 19.1. The number of aryl methyl sites for hydroxylation is 1. The number of rotatable bonds is 7. The summed E-state index contributed by atoms with van der Waals surface area (Å²) in [4.78, 5) is 35.0. The smallest absolute Gasteiger partial charge is 0.415 e. The van der Waals surface area contributed by atoms with Crippen molar-refractivity contribution in [1.29, 1.82) is 0 Å². The third-order valence-corrected chi connectivity index (χ3v) is 8.75. The lowest BCUT2D eigenvalue weighted by atomic mass is 9.90. The summed E-state index contributed by atoms with van der Waals surface area (Å²) >= 11 is 0. The van der Waals surface area contributed by atoms with Crippen LogP contribution in [0.25, 0.3) is 11.1 Å². The number of aromatic nitrogens is 1. The van der Waals surface area contributed by atoms with Crippen molar-refractivity contribution in [2.75, 3.05) is 42.5 Å². The maximum absolute atomic E-state index is 13.9. The van der Waals surface area contributed by atoms with Crippen LogP contribution in [0.15, 0.2) is 54.7 Å². The molecule has 1 N–H and O–H groups in total. The number of likely N-dealkylation sites (tertiary alicyclic amines) is 1. The van der Waals surface area contributed by atoms with E-state index in [0.717, 1.165) is 54.3 Å². The summed E-state index contributed by atoms with van der Waals surface area (Å²) in [7, 11) is 0. The molecule has 0 unspecified atom stereocenters. The number of ether oxygens (including phenoxy) is 1. The van der Waals surface area contributed by atoms with Gasteiger partial charge in [0.1, 0.15) is 18.1 Å². The number of carboxylic acids is 1. The normalized spacial score (nSPS) is 18.7. The summed E-state index contributed by atoms with van der Waals surface area (Å²) in [5.74, 6) is -0.000621. The number of alkyl halides is 1. The van der Waals surface area contributed by atoms with Gasteiger partial charge in [0.15, 0.2) is 0 Å². The molecule has 0 bridgehead atoms. The first kappa shape index (κ1) is 27.2. The molecule has 8 nitrogen and oxygen atoms in total. The van der Waals surface area contributed by atoms with Crippen LogP contribution >= 0.6 is 0 Å². The number of amides is 1. The van der Waals surface area contributed by atoms with Gasteiger partial charge >= 0.3 is 12.1 Å². The largest absolute Gasteiger partial charge is 0.478 e. The minimum Gasteiger partial charge on any atom is -0.478 e. The molecular weight excluding hydrogens is 523 g/mol. The van der Waals surface area contributed by atoms with Crippen LogP contribution in [0.1, 0.15) is 52.7 Å². The summed E-state index contributed by atoms with van der Waals surface area (Å²) in [6, 6.07) is 14.6. The van der Waals surface area contributed by atoms with E-state index in [-0.39, 0.29) is 5.56 Å². The Morgan fingerprint density at radius 2 is 1.76 bits per heavy atom. The number of aromatic carboxylic acids is 1. The second-order valence-corrected chi connectivity index (χ2v) is 11.4. The first-order chi connectivity index (χ1) is 19.8. The van der Waals surface area contributed by atoms with E-state index in [2.05, 4.69) is 28.0 Å². The standard InChI is InChI=1S/C32H35FN4O4/c1-22-16-28(24-6-9-29(34-19-24)36-12-2-3-13-36)26(17-25(22)18-33)20-35-14-10-32(11-15-35)21-37(31(40)41-32)27-7-4-23(5-8-27)30(38)39/h4-9,16-17,19H,2-3,10-15,18,20-21H2,1H3,(H,38,39). The third kappa shape index (κ3) is 5.51. The molecule has 0 radical (unpaired) electrons. The average molecular weight is 559 g/mol. The van der Waals surface area contributed by atoms with Crippen LogP contribution in [0.2, 0.25) is 0 Å². The Morgan fingerprint density at radius 3 is 2.39 bits per heavy atom. The zero-order valence-corrected chi connectivity index (χ0v) is 23.3. The number of carbonyl (C=O) groups is 2. The highest BCUT2D eigenvalue weighted by Crippen LogP contribution is 2.37. The van der Waals surface area contributed by atoms with Gasteiger partial charge in [-0.25, -0.2) is 19.0 Å². The number of pyridine rings is 1. The number of hydrogen-bond acceptors (Lipinski definition) is 6. The third-order valence-electron chi connectivity index (χ3n) is 8.75. The summed E-state index contributed by atoms with van der Waals surface area (Å²) < 4.78 is 19.8. The number of carbonyl (C=O) groups excluding carboxylic acids is 1. The monoisotopic (exact) mass is 558 g/mol. The first-order valence-corrected chi connectivity index (χ1v) is 14.3. The lowest BCUT2D eigenvalue weighted by Crippen LogP contribution is -2.46. The van der Waals surface area contributed by atoms with E-state index in [4.69, 9.17) is 14.8 Å². The van der Waals surface area contributed by atoms with E-state index in [9.17, 15) is 14.0 Å². The van der Waals surface area contributed by atoms with E-state index >= 15 is 0 Å². The van der Waals surface area contributed by atoms with Crippen molar-refractivity contribution in [3.05, 3.63) is 77.0 Å². The van der Waals surface area contributed by atoms with Crippen molar-refractivity contribution in [3.8, 4) is 11.1 Å². The molecule has 3 fully saturated rings. The van der Waals surface area contributed by atoms with Gasteiger partial charge < -0.3 is 14.7 Å². The number of benzene rings is 2. The van der Waals surface area contributed by atoms with Crippen molar-refractivity contribution < 1.29 is 23.8 Å². The molecule has 3 aliphatic rings. The Hall–Kier alpha value is -3.98. The van der Waals surface area contributed by atoms with Crippen molar-refractivity contribution in [1.82, 2.24) is 9.88 Å². The molecule has 41 heavy (non-hydrogen) atoms. The zero-order valence-electron chi connectivity index (χ0n) is 23.3. The molecule has 3 aromatic rings. The van der Waals surface area contributed by atoms with Crippen LogP contribution in [-0.2, 0) is 18.0 Å². The van der Waals surface area contributed by atoms with Crippen molar-refractivity contribution in [2.24, 2.45) is 0 Å². The Morgan fingerprint density at radius 1 is 1.02 bits per heavy atom. The highest BCUT2D eigenvalue weighted by Gasteiger charge is 2.47. The first-order valence-electron chi connectivity index (χ1n) is 14.3. The molecule has 0 atom stereocenters. The summed E-state index contributed by atoms with van der Waals surface area (Å²) in [6.45, 7) is 6.11. The predicted molar refractivity (Wildman–Crippen MR) is 155 cm³/mol. The second kappa shape index (κ2) is 11.1. The second-order valence-electron chi connectivity index (χ2n) is 11.4. The molecule has 1 spiro atoms. The quantitative estimate of drug-likeness (QED) is 0.391. The van der Waals surface area contributed by atoms with Crippen molar-refractivity contribution in [2.45, 2.75) is 51.4 Å². The van der Waals surface area contributed by atoms with Crippen LogP contribution < -0.4 is 9.80 Å². The van der Waals surface area contributed by atoms with Gasteiger partial charge in [0, 0.05) is 63.0 Å². The van der Waals surface area contributed by atoms with Gasteiger partial charge in [0.25, 0.3) is 0 Å². The summed E-state index contributed by atoms with van der Waals surface area (Å²) in [6.07, 6.45) is 5.30. The minimum atomic E-state index is -1.00. The zero-order chi connectivity index (χ0) is 28.6. The molecule has 4 heterocycles. The van der Waals surface area contributed by atoms with Crippen LogP contribution in [0.5, 0.6) is 0 Å². The summed E-state index contributed by atoms with van der Waals surface area (Å²) in [5, 5.41) is 9.17. The van der Waals surface area contributed by atoms with E-state index in [1.54, 1.807) is 17.0 Å². The molecule has 214 valence electrons. The molecule has 6 rings (SSSR count). The van der Waals surface area contributed by atoms with Gasteiger partial charge in [0.05, 0.1) is 12.1 Å². The van der Waals surface area contributed by atoms with Gasteiger partial charge in [-0.05, 0) is 78.4 Å². The van der Waals surface area contributed by atoms with Gasteiger partial charge in [-0.3, -0.25) is 9.80 Å². The molecule has 1 aromatic heterocycles. The summed E-state index contributed by atoms with van der Waals surface area (Å²) in [5.41, 5.74) is 5.03. The van der Waals surface area contributed by atoms with E-state index in [1.165, 1.54) is 25.0 Å². The van der Waals surface area contributed by atoms with E-state index in [1.807, 2.05) is 19.2 Å². The van der Waals surface area contributed by atoms with Crippen LogP contribution in [-0.4, -0.2) is 65.4 Å². The van der Waals surface area contributed by atoms with Crippen LogP contribution in [0, 0.1) is 6.92 Å². The number of piperidine rings is 1. The fraction of sp³-hybridized carbons (Fsp3) is 0.406. The maximum atomic E-state index is 13.9.